The topological polar surface area (TPSA) is 75.1 Å². The van der Waals surface area contributed by atoms with Gasteiger partial charge in [0.05, 0.1) is 5.69 Å². The maximum atomic E-state index is 13.1. The Morgan fingerprint density at radius 1 is 1.13 bits per heavy atom. The first kappa shape index (κ1) is 19.3. The number of carbonyl (C=O) groups excluding carboxylic acids is 1. The third-order valence-electron chi connectivity index (χ3n) is 5.54. The molecular formula is C24H20ClN5O. The number of aromatic nitrogens is 4. The van der Waals surface area contributed by atoms with Crippen molar-refractivity contribution in [3.63, 3.8) is 0 Å². The van der Waals surface area contributed by atoms with Gasteiger partial charge < -0.3 is 10.3 Å². The monoisotopic (exact) mass is 429 g/mol. The van der Waals surface area contributed by atoms with Crippen LogP contribution < -0.4 is 5.32 Å². The van der Waals surface area contributed by atoms with Crippen LogP contribution in [-0.2, 0) is 0 Å². The average molecular weight is 430 g/mol. The molecule has 0 aliphatic carbocycles. The van der Waals surface area contributed by atoms with E-state index < -0.39 is 0 Å². The van der Waals surface area contributed by atoms with E-state index in [1.54, 1.807) is 23.0 Å². The minimum absolute atomic E-state index is 0.121. The molecule has 0 saturated carbocycles. The van der Waals surface area contributed by atoms with Crippen molar-refractivity contribution in [3.8, 4) is 0 Å². The van der Waals surface area contributed by atoms with Crippen LogP contribution in [0.3, 0.4) is 0 Å². The van der Waals surface area contributed by atoms with E-state index in [0.29, 0.717) is 28.5 Å². The summed E-state index contributed by atoms with van der Waals surface area (Å²) in [4.78, 5) is 20.8. The highest BCUT2D eigenvalue weighted by Crippen LogP contribution is 2.34. The van der Waals surface area contributed by atoms with Gasteiger partial charge in [-0.2, -0.15) is 5.10 Å². The SMILES string of the molecule is Cc1nn2cccnc2c1C(=O)NCC(c1ccccc1Cl)c1c[nH]c2ccccc12. The van der Waals surface area contributed by atoms with Gasteiger partial charge in [0.25, 0.3) is 5.91 Å². The van der Waals surface area contributed by atoms with Crippen molar-refractivity contribution < 1.29 is 4.79 Å². The van der Waals surface area contributed by atoms with Crippen molar-refractivity contribution in [2.75, 3.05) is 6.54 Å². The summed E-state index contributed by atoms with van der Waals surface area (Å²) >= 11 is 6.56. The van der Waals surface area contributed by atoms with Crippen LogP contribution in [0.25, 0.3) is 16.6 Å². The Hall–Kier alpha value is -3.64. The summed E-state index contributed by atoms with van der Waals surface area (Å²) in [5.41, 5.74) is 4.75. The molecule has 154 valence electrons. The van der Waals surface area contributed by atoms with Gasteiger partial charge in [-0.15, -0.1) is 0 Å². The van der Waals surface area contributed by atoms with E-state index in [1.165, 1.54) is 0 Å². The molecular weight excluding hydrogens is 410 g/mol. The Morgan fingerprint density at radius 2 is 1.94 bits per heavy atom. The van der Waals surface area contributed by atoms with Gasteiger partial charge in [-0.25, -0.2) is 9.50 Å². The van der Waals surface area contributed by atoms with Crippen molar-refractivity contribution in [2.45, 2.75) is 12.8 Å². The molecule has 0 saturated heterocycles. The zero-order valence-corrected chi connectivity index (χ0v) is 17.6. The van der Waals surface area contributed by atoms with Gasteiger partial charge >= 0.3 is 0 Å². The summed E-state index contributed by atoms with van der Waals surface area (Å²) in [6, 6.07) is 17.6. The summed E-state index contributed by atoms with van der Waals surface area (Å²) in [6.07, 6.45) is 5.43. The number of carbonyl (C=O) groups is 1. The smallest absolute Gasteiger partial charge is 0.257 e. The summed E-state index contributed by atoms with van der Waals surface area (Å²) < 4.78 is 1.62. The van der Waals surface area contributed by atoms with E-state index >= 15 is 0 Å². The molecule has 2 aromatic carbocycles. The van der Waals surface area contributed by atoms with Crippen molar-refractivity contribution in [1.82, 2.24) is 24.9 Å². The fourth-order valence-electron chi connectivity index (χ4n) is 4.07. The first-order valence-electron chi connectivity index (χ1n) is 10.0. The largest absolute Gasteiger partial charge is 0.361 e. The predicted octanol–water partition coefficient (Wildman–Crippen LogP) is 4.73. The molecule has 2 N–H and O–H groups in total. The van der Waals surface area contributed by atoms with Gasteiger partial charge in [0.2, 0.25) is 0 Å². The van der Waals surface area contributed by atoms with Crippen LogP contribution in [0.4, 0.5) is 0 Å². The Bertz CT molecular complexity index is 1400. The number of benzene rings is 2. The van der Waals surface area contributed by atoms with Crippen LogP contribution in [0.2, 0.25) is 5.02 Å². The summed E-state index contributed by atoms with van der Waals surface area (Å²) in [7, 11) is 0. The molecule has 0 aliphatic rings. The number of halogens is 1. The summed E-state index contributed by atoms with van der Waals surface area (Å²) in [5, 5.41) is 9.26. The van der Waals surface area contributed by atoms with Crippen molar-refractivity contribution in [2.24, 2.45) is 0 Å². The number of hydrogen-bond acceptors (Lipinski definition) is 3. The van der Waals surface area contributed by atoms with Crippen LogP contribution in [-0.4, -0.2) is 32.0 Å². The normalized spacial score (nSPS) is 12.3. The number of nitrogens with one attached hydrogen (secondary N) is 2. The number of hydrogen-bond donors (Lipinski definition) is 2. The zero-order valence-electron chi connectivity index (χ0n) is 16.8. The maximum absolute atomic E-state index is 13.1. The van der Waals surface area contributed by atoms with Crippen LogP contribution in [0, 0.1) is 6.92 Å². The lowest BCUT2D eigenvalue weighted by Gasteiger charge is -2.19. The number of aryl methyl sites for hydroxylation is 1. The molecule has 7 heteroatoms. The first-order chi connectivity index (χ1) is 15.1. The Kier molecular flexibility index (Phi) is 4.92. The lowest BCUT2D eigenvalue weighted by atomic mass is 9.90. The molecule has 1 amide bonds. The first-order valence-corrected chi connectivity index (χ1v) is 10.4. The minimum Gasteiger partial charge on any atom is -0.361 e. The summed E-state index contributed by atoms with van der Waals surface area (Å²) in [5.74, 6) is -0.327. The van der Waals surface area contributed by atoms with Gasteiger partial charge in [-0.3, -0.25) is 4.79 Å². The fraction of sp³-hybridized carbons (Fsp3) is 0.125. The third-order valence-corrected chi connectivity index (χ3v) is 5.89. The van der Waals surface area contributed by atoms with Crippen molar-refractivity contribution >= 4 is 34.1 Å². The number of H-pyrrole nitrogens is 1. The predicted molar refractivity (Wildman–Crippen MR) is 122 cm³/mol. The summed E-state index contributed by atoms with van der Waals surface area (Å²) in [6.45, 7) is 2.20. The lowest BCUT2D eigenvalue weighted by Crippen LogP contribution is -2.29. The second-order valence-corrected chi connectivity index (χ2v) is 7.83. The van der Waals surface area contributed by atoms with E-state index in [0.717, 1.165) is 22.0 Å². The van der Waals surface area contributed by atoms with Crippen LogP contribution in [0.1, 0.15) is 33.1 Å². The Morgan fingerprint density at radius 3 is 2.81 bits per heavy atom. The minimum atomic E-state index is -0.205. The van der Waals surface area contributed by atoms with E-state index in [2.05, 4.69) is 26.4 Å². The molecule has 0 bridgehead atoms. The lowest BCUT2D eigenvalue weighted by molar-refractivity contribution is 0.0953. The van der Waals surface area contributed by atoms with Crippen molar-refractivity contribution in [1.29, 1.82) is 0 Å². The second kappa shape index (κ2) is 7.89. The van der Waals surface area contributed by atoms with Gasteiger partial charge in [-0.05, 0) is 36.2 Å². The molecule has 5 rings (SSSR count). The molecule has 0 spiro atoms. The number of amides is 1. The van der Waals surface area contributed by atoms with Gasteiger partial charge in [0, 0.05) is 47.0 Å². The van der Waals surface area contributed by atoms with E-state index in [1.807, 2.05) is 55.6 Å². The molecule has 0 radical (unpaired) electrons. The molecule has 3 aromatic heterocycles. The molecule has 0 fully saturated rings. The van der Waals surface area contributed by atoms with Gasteiger partial charge in [-0.1, -0.05) is 48.0 Å². The van der Waals surface area contributed by atoms with E-state index in [-0.39, 0.29) is 11.8 Å². The van der Waals surface area contributed by atoms with Crippen LogP contribution in [0.5, 0.6) is 0 Å². The molecule has 5 aromatic rings. The maximum Gasteiger partial charge on any atom is 0.257 e. The highest BCUT2D eigenvalue weighted by molar-refractivity contribution is 6.31. The molecule has 1 atom stereocenters. The third kappa shape index (κ3) is 3.45. The fourth-order valence-corrected chi connectivity index (χ4v) is 4.34. The van der Waals surface area contributed by atoms with Gasteiger partial charge in [0.15, 0.2) is 5.65 Å². The number of fused-ring (bicyclic) bond motifs is 2. The number of rotatable bonds is 5. The number of nitrogens with zero attached hydrogens (tertiary/aromatic N) is 3. The molecule has 0 aliphatic heterocycles. The molecule has 3 heterocycles. The van der Waals surface area contributed by atoms with Gasteiger partial charge in [0.1, 0.15) is 5.56 Å². The Balaban J connectivity index is 1.51. The average Bonchev–Trinajstić information content (AvgIpc) is 3.35. The highest BCUT2D eigenvalue weighted by Gasteiger charge is 2.23. The highest BCUT2D eigenvalue weighted by atomic mass is 35.5. The number of aromatic amines is 1. The quantitative estimate of drug-likeness (QED) is 0.424. The molecule has 31 heavy (non-hydrogen) atoms. The molecule has 6 nitrogen and oxygen atoms in total. The van der Waals surface area contributed by atoms with E-state index in [4.69, 9.17) is 11.6 Å². The second-order valence-electron chi connectivity index (χ2n) is 7.42. The molecule has 1 unspecified atom stereocenters. The zero-order chi connectivity index (χ0) is 21.4. The van der Waals surface area contributed by atoms with E-state index in [9.17, 15) is 4.79 Å². The standard InChI is InChI=1S/C24H20ClN5O/c1-15-22(23-26-11-6-12-30(23)29-15)24(31)28-14-18(16-7-2-4-9-20(16)25)19-13-27-21-10-5-3-8-17(19)21/h2-13,18,27H,14H2,1H3,(H,28,31). The van der Waals surface area contributed by atoms with Crippen LogP contribution in [0.15, 0.2) is 73.2 Å². The number of para-hydroxylation sites is 1. The van der Waals surface area contributed by atoms with Crippen molar-refractivity contribution in [3.05, 3.63) is 101 Å². The Labute approximate surface area is 183 Å². The van der Waals surface area contributed by atoms with Crippen LogP contribution >= 0.6 is 11.6 Å².